The Morgan fingerprint density at radius 3 is 2.69 bits per heavy atom. The molecule has 0 heterocycles. The van der Waals surface area contributed by atoms with Crippen molar-refractivity contribution in [2.24, 2.45) is 0 Å². The number of carbonyl (C=O) groups is 1. The van der Waals surface area contributed by atoms with Crippen molar-refractivity contribution in [1.29, 1.82) is 0 Å². The minimum absolute atomic E-state index is 0.00734. The summed E-state index contributed by atoms with van der Waals surface area (Å²) in [6.45, 7) is 4.47. The van der Waals surface area contributed by atoms with Crippen LogP contribution in [0.2, 0.25) is 0 Å². The normalized spacial score (nSPS) is 10.5. The van der Waals surface area contributed by atoms with E-state index in [0.717, 1.165) is 18.8 Å². The molecule has 4 heteroatoms. The van der Waals surface area contributed by atoms with Gasteiger partial charge in [-0.25, -0.2) is 0 Å². The Bertz CT molecular complexity index is 137. The molecular formula is C9H18O3S. The van der Waals surface area contributed by atoms with Crippen LogP contribution >= 0.6 is 11.8 Å². The van der Waals surface area contributed by atoms with E-state index in [4.69, 9.17) is 9.47 Å². The predicted octanol–water partition coefficient (Wildman–Crippen LogP) is 1.71. The van der Waals surface area contributed by atoms with Crippen molar-refractivity contribution in [3.8, 4) is 0 Å². The molecule has 0 aromatic heterocycles. The molecule has 0 aliphatic carbocycles. The van der Waals surface area contributed by atoms with Crippen LogP contribution in [-0.4, -0.2) is 37.3 Å². The molecule has 0 unspecified atom stereocenters. The SMILES string of the molecule is COCCCSCC(=O)OC(C)C. The number of ether oxygens (including phenoxy) is 2. The summed E-state index contributed by atoms with van der Waals surface area (Å²) in [6, 6.07) is 0. The largest absolute Gasteiger partial charge is 0.462 e. The fraction of sp³-hybridized carbons (Fsp3) is 0.889. The number of esters is 1. The van der Waals surface area contributed by atoms with Gasteiger partial charge in [-0.05, 0) is 26.0 Å². The first kappa shape index (κ1) is 12.8. The molecule has 0 rings (SSSR count). The second kappa shape index (κ2) is 8.38. The Balaban J connectivity index is 3.17. The minimum atomic E-state index is -0.127. The van der Waals surface area contributed by atoms with E-state index in [1.54, 1.807) is 18.9 Å². The Kier molecular flexibility index (Phi) is 8.24. The highest BCUT2D eigenvalue weighted by atomic mass is 32.2. The average Bonchev–Trinajstić information content (AvgIpc) is 2.02. The first-order valence-corrected chi connectivity index (χ1v) is 5.58. The summed E-state index contributed by atoms with van der Waals surface area (Å²) in [7, 11) is 1.68. The molecule has 0 aromatic carbocycles. The summed E-state index contributed by atoms with van der Waals surface area (Å²) >= 11 is 1.59. The maximum absolute atomic E-state index is 11.0. The molecular weight excluding hydrogens is 188 g/mol. The van der Waals surface area contributed by atoms with E-state index in [-0.39, 0.29) is 12.1 Å². The third-order valence-corrected chi connectivity index (χ3v) is 2.24. The molecule has 0 spiro atoms. The van der Waals surface area contributed by atoms with Gasteiger partial charge in [0, 0.05) is 13.7 Å². The minimum Gasteiger partial charge on any atom is -0.462 e. The molecule has 0 saturated carbocycles. The molecule has 0 N–H and O–H groups in total. The maximum Gasteiger partial charge on any atom is 0.316 e. The van der Waals surface area contributed by atoms with Gasteiger partial charge in [-0.3, -0.25) is 4.79 Å². The van der Waals surface area contributed by atoms with Gasteiger partial charge >= 0.3 is 5.97 Å². The van der Waals surface area contributed by atoms with Crippen LogP contribution in [0.1, 0.15) is 20.3 Å². The van der Waals surface area contributed by atoms with E-state index in [0.29, 0.717) is 5.75 Å². The Morgan fingerprint density at radius 2 is 2.15 bits per heavy atom. The van der Waals surface area contributed by atoms with Crippen LogP contribution < -0.4 is 0 Å². The number of rotatable bonds is 7. The van der Waals surface area contributed by atoms with Crippen molar-refractivity contribution in [2.75, 3.05) is 25.2 Å². The number of methoxy groups -OCH3 is 1. The number of hydrogen-bond donors (Lipinski definition) is 0. The fourth-order valence-corrected chi connectivity index (χ4v) is 1.46. The lowest BCUT2D eigenvalue weighted by molar-refractivity contribution is -0.144. The first-order chi connectivity index (χ1) is 6.16. The second-order valence-corrected chi connectivity index (χ2v) is 4.04. The van der Waals surface area contributed by atoms with E-state index in [2.05, 4.69) is 0 Å². The highest BCUT2D eigenvalue weighted by Gasteiger charge is 2.04. The molecule has 0 aromatic rings. The van der Waals surface area contributed by atoms with Crippen molar-refractivity contribution in [3.63, 3.8) is 0 Å². The molecule has 0 saturated heterocycles. The van der Waals surface area contributed by atoms with E-state index < -0.39 is 0 Å². The zero-order chi connectivity index (χ0) is 10.1. The van der Waals surface area contributed by atoms with Gasteiger partial charge < -0.3 is 9.47 Å². The lowest BCUT2D eigenvalue weighted by Crippen LogP contribution is -2.13. The van der Waals surface area contributed by atoms with Crippen molar-refractivity contribution in [1.82, 2.24) is 0 Å². The lowest BCUT2D eigenvalue weighted by atomic mass is 10.5. The topological polar surface area (TPSA) is 35.5 Å². The molecule has 0 radical (unpaired) electrons. The van der Waals surface area contributed by atoms with Crippen LogP contribution in [0, 0.1) is 0 Å². The lowest BCUT2D eigenvalue weighted by Gasteiger charge is -2.06. The van der Waals surface area contributed by atoms with Crippen LogP contribution in [0.3, 0.4) is 0 Å². The van der Waals surface area contributed by atoms with Crippen LogP contribution in [0.5, 0.6) is 0 Å². The van der Waals surface area contributed by atoms with Gasteiger partial charge in [0.2, 0.25) is 0 Å². The highest BCUT2D eigenvalue weighted by molar-refractivity contribution is 7.99. The number of hydrogen-bond acceptors (Lipinski definition) is 4. The van der Waals surface area contributed by atoms with Crippen molar-refractivity contribution in [2.45, 2.75) is 26.4 Å². The van der Waals surface area contributed by atoms with Gasteiger partial charge in [-0.15, -0.1) is 0 Å². The standard InChI is InChI=1S/C9H18O3S/c1-8(2)12-9(10)7-13-6-4-5-11-3/h8H,4-7H2,1-3H3. The van der Waals surface area contributed by atoms with Gasteiger partial charge in [-0.2, -0.15) is 11.8 Å². The Hall–Kier alpha value is -0.220. The molecule has 0 aliphatic heterocycles. The summed E-state index contributed by atoms with van der Waals surface area (Å²) in [5.74, 6) is 1.26. The highest BCUT2D eigenvalue weighted by Crippen LogP contribution is 2.04. The summed E-state index contributed by atoms with van der Waals surface area (Å²) in [4.78, 5) is 11.0. The van der Waals surface area contributed by atoms with Crippen LogP contribution in [0.4, 0.5) is 0 Å². The summed E-state index contributed by atoms with van der Waals surface area (Å²) in [5, 5.41) is 0. The number of thioether (sulfide) groups is 1. The van der Waals surface area contributed by atoms with Gasteiger partial charge in [-0.1, -0.05) is 0 Å². The third kappa shape index (κ3) is 9.70. The molecule has 78 valence electrons. The molecule has 3 nitrogen and oxygen atoms in total. The second-order valence-electron chi connectivity index (χ2n) is 2.94. The first-order valence-electron chi connectivity index (χ1n) is 4.43. The van der Waals surface area contributed by atoms with Crippen LogP contribution in [0.25, 0.3) is 0 Å². The Morgan fingerprint density at radius 1 is 1.46 bits per heavy atom. The Labute approximate surface area is 84.2 Å². The van der Waals surface area contributed by atoms with E-state index in [1.165, 1.54) is 0 Å². The average molecular weight is 206 g/mol. The maximum atomic E-state index is 11.0. The van der Waals surface area contributed by atoms with Gasteiger partial charge in [0.25, 0.3) is 0 Å². The van der Waals surface area contributed by atoms with E-state index in [1.807, 2.05) is 13.8 Å². The van der Waals surface area contributed by atoms with Gasteiger partial charge in [0.15, 0.2) is 0 Å². The smallest absolute Gasteiger partial charge is 0.316 e. The van der Waals surface area contributed by atoms with Gasteiger partial charge in [0.05, 0.1) is 11.9 Å². The zero-order valence-corrected chi connectivity index (χ0v) is 9.36. The number of carbonyl (C=O) groups excluding carboxylic acids is 1. The van der Waals surface area contributed by atoms with E-state index in [9.17, 15) is 4.79 Å². The third-order valence-electron chi connectivity index (χ3n) is 1.22. The molecule has 0 aliphatic rings. The van der Waals surface area contributed by atoms with Crippen molar-refractivity contribution in [3.05, 3.63) is 0 Å². The summed E-state index contributed by atoms with van der Waals surface area (Å²) < 4.78 is 9.85. The van der Waals surface area contributed by atoms with E-state index >= 15 is 0 Å². The molecule has 0 atom stereocenters. The quantitative estimate of drug-likeness (QED) is 0.469. The van der Waals surface area contributed by atoms with Crippen molar-refractivity contribution < 1.29 is 14.3 Å². The zero-order valence-electron chi connectivity index (χ0n) is 8.54. The van der Waals surface area contributed by atoms with Crippen molar-refractivity contribution >= 4 is 17.7 Å². The molecule has 0 amide bonds. The molecule has 0 fully saturated rings. The molecule has 0 bridgehead atoms. The fourth-order valence-electron chi connectivity index (χ4n) is 0.758. The summed E-state index contributed by atoms with van der Waals surface area (Å²) in [5.41, 5.74) is 0. The predicted molar refractivity (Wildman–Crippen MR) is 55.0 cm³/mol. The van der Waals surface area contributed by atoms with Gasteiger partial charge in [0.1, 0.15) is 0 Å². The van der Waals surface area contributed by atoms with Crippen LogP contribution in [0.15, 0.2) is 0 Å². The summed E-state index contributed by atoms with van der Waals surface area (Å²) in [6.07, 6.45) is 0.975. The monoisotopic (exact) mass is 206 g/mol. The van der Waals surface area contributed by atoms with Crippen LogP contribution in [-0.2, 0) is 14.3 Å². The molecule has 13 heavy (non-hydrogen) atoms.